The number of carboxylic acid groups (broad SMARTS) is 2. The molecule has 0 aliphatic carbocycles. The monoisotopic (exact) mass is 471 g/mol. The first-order chi connectivity index (χ1) is 15.4. The van der Waals surface area contributed by atoms with E-state index in [2.05, 4.69) is 5.32 Å². The molecule has 0 radical (unpaired) electrons. The van der Waals surface area contributed by atoms with Crippen LogP contribution in [0.25, 0.3) is 0 Å². The third kappa shape index (κ3) is 15.7. The van der Waals surface area contributed by atoms with E-state index >= 15 is 0 Å². The summed E-state index contributed by atoms with van der Waals surface area (Å²) in [4.78, 5) is 34.9. The lowest BCUT2D eigenvalue weighted by Gasteiger charge is -2.28. The molecule has 2 atom stereocenters. The zero-order chi connectivity index (χ0) is 25.4. The number of carbonyl (C=O) groups is 3. The lowest BCUT2D eigenvalue weighted by atomic mass is 10.1. The maximum absolute atomic E-state index is 12.0. The molecular weight excluding hydrogens is 437 g/mol. The first kappa shape index (κ1) is 30.3. The third-order valence-corrected chi connectivity index (χ3v) is 4.22. The van der Waals surface area contributed by atoms with E-state index in [-0.39, 0.29) is 12.5 Å². The number of nitrogens with zero attached hydrogens (tertiary/aromatic N) is 1. The molecule has 0 bridgehead atoms. The van der Waals surface area contributed by atoms with Gasteiger partial charge in [-0.3, -0.25) is 4.79 Å². The van der Waals surface area contributed by atoms with Gasteiger partial charge in [0.15, 0.2) is 0 Å². The Balaban J connectivity index is 0.000000657. The molecule has 1 aromatic rings. The minimum absolute atomic E-state index is 0.270. The number of nitrogens with one attached hydrogen (secondary N) is 1. The number of morpholine rings is 1. The Morgan fingerprint density at radius 2 is 1.58 bits per heavy atom. The van der Waals surface area contributed by atoms with Gasteiger partial charge in [-0.15, -0.1) is 0 Å². The fourth-order valence-corrected chi connectivity index (χ4v) is 2.67. The molecule has 1 fully saturated rings. The Morgan fingerprint density at radius 3 is 1.97 bits per heavy atom. The van der Waals surface area contributed by atoms with E-state index < -0.39 is 31.3 Å². The van der Waals surface area contributed by atoms with Crippen molar-refractivity contribution in [2.75, 3.05) is 26.3 Å². The van der Waals surface area contributed by atoms with Crippen LogP contribution in [0, 0.1) is 5.92 Å². The van der Waals surface area contributed by atoms with E-state index in [0.29, 0.717) is 38.6 Å². The van der Waals surface area contributed by atoms with Gasteiger partial charge in [0.25, 0.3) is 0 Å². The number of rotatable bonds is 7. The van der Waals surface area contributed by atoms with Gasteiger partial charge in [0, 0.05) is 19.5 Å². The molecule has 1 heterocycles. The Bertz CT molecular complexity index is 699. The molecule has 2 rings (SSSR count). The molecule has 13 heteroatoms. The highest BCUT2D eigenvalue weighted by Crippen LogP contribution is 2.05. The summed E-state index contributed by atoms with van der Waals surface area (Å²) in [5.74, 6) is -1.59. The summed E-state index contributed by atoms with van der Waals surface area (Å²) in [5, 5.41) is 41.6. The summed E-state index contributed by atoms with van der Waals surface area (Å²) in [6.07, 6.45) is 0.821. The summed E-state index contributed by atoms with van der Waals surface area (Å²) in [7, 11) is -2.17. The van der Waals surface area contributed by atoms with E-state index in [0.717, 1.165) is 5.56 Å². The zero-order valence-corrected chi connectivity index (χ0v) is 18.8. The molecule has 2 amide bonds. The molecule has 186 valence electrons. The number of benzene rings is 1. The Hall–Kier alpha value is -2.71. The van der Waals surface area contributed by atoms with Crippen molar-refractivity contribution in [3.05, 3.63) is 35.9 Å². The van der Waals surface area contributed by atoms with E-state index in [1.165, 1.54) is 0 Å². The van der Waals surface area contributed by atoms with Gasteiger partial charge in [0.1, 0.15) is 12.1 Å². The van der Waals surface area contributed by atoms with Gasteiger partial charge in [-0.1, -0.05) is 44.2 Å². The molecule has 0 unspecified atom stereocenters. The van der Waals surface area contributed by atoms with Crippen LogP contribution in [0.1, 0.15) is 25.8 Å². The summed E-state index contributed by atoms with van der Waals surface area (Å²) < 4.78 is 5.16. The smallest absolute Gasteiger partial charge is 0.480 e. The number of carbonyl (C=O) groups excluding carboxylic acids is 1. The van der Waals surface area contributed by atoms with E-state index in [1.54, 1.807) is 4.90 Å². The van der Waals surface area contributed by atoms with Crippen LogP contribution in [0.2, 0.25) is 0 Å². The maximum atomic E-state index is 12.0. The number of amides is 2. The molecule has 0 spiro atoms. The van der Waals surface area contributed by atoms with Gasteiger partial charge in [0.2, 0.25) is 0 Å². The summed E-state index contributed by atoms with van der Waals surface area (Å²) in [6.45, 7) is 5.85. The number of ether oxygens (including phenoxy) is 1. The van der Waals surface area contributed by atoms with Crippen molar-refractivity contribution in [2.45, 2.75) is 38.8 Å². The molecule has 33 heavy (non-hydrogen) atoms. The highest BCUT2D eigenvalue weighted by atomic mass is 16.5. The predicted octanol–water partition coefficient (Wildman–Crippen LogP) is -0.883. The Labute approximate surface area is 193 Å². The van der Waals surface area contributed by atoms with Gasteiger partial charge >= 0.3 is 25.3 Å². The fraction of sp³-hybridized carbons (Fsp3) is 0.550. The summed E-state index contributed by atoms with van der Waals surface area (Å²) >= 11 is 0. The number of carboxylic acids is 2. The highest BCUT2D eigenvalue weighted by molar-refractivity contribution is 6.30. The largest absolute Gasteiger partial charge is 0.631 e. The lowest BCUT2D eigenvalue weighted by molar-refractivity contribution is -0.140. The maximum Gasteiger partial charge on any atom is 0.631 e. The molecule has 12 nitrogen and oxygen atoms in total. The topological polar surface area (TPSA) is 203 Å². The zero-order valence-electron chi connectivity index (χ0n) is 18.8. The molecule has 0 aromatic heterocycles. The molecule has 1 aliphatic heterocycles. The number of nitrogens with two attached hydrogens (primary N) is 1. The molecule has 1 aromatic carbocycles. The number of hydrogen-bond acceptors (Lipinski definition) is 8. The highest BCUT2D eigenvalue weighted by Gasteiger charge is 2.24. The Morgan fingerprint density at radius 1 is 1.06 bits per heavy atom. The van der Waals surface area contributed by atoms with E-state index in [9.17, 15) is 19.5 Å². The first-order valence-electron chi connectivity index (χ1n) is 10.4. The van der Waals surface area contributed by atoms with Gasteiger partial charge in [-0.2, -0.15) is 0 Å². The van der Waals surface area contributed by atoms with Gasteiger partial charge in [0.05, 0.1) is 13.2 Å². The van der Waals surface area contributed by atoms with Crippen LogP contribution in [-0.4, -0.2) is 93.9 Å². The van der Waals surface area contributed by atoms with Crippen LogP contribution in [0.4, 0.5) is 4.79 Å². The van der Waals surface area contributed by atoms with Crippen molar-refractivity contribution < 1.29 is 44.4 Å². The van der Waals surface area contributed by atoms with Crippen molar-refractivity contribution in [2.24, 2.45) is 11.7 Å². The minimum Gasteiger partial charge on any atom is -0.480 e. The van der Waals surface area contributed by atoms with E-state index in [4.69, 9.17) is 30.6 Å². The minimum atomic E-state index is -2.17. The van der Waals surface area contributed by atoms with Crippen molar-refractivity contribution >= 4 is 25.3 Å². The summed E-state index contributed by atoms with van der Waals surface area (Å²) in [5.41, 5.74) is 6.09. The van der Waals surface area contributed by atoms with Crippen molar-refractivity contribution in [1.29, 1.82) is 0 Å². The van der Waals surface area contributed by atoms with Crippen LogP contribution in [0.15, 0.2) is 30.3 Å². The molecule has 8 N–H and O–H groups in total. The van der Waals surface area contributed by atoms with Crippen LogP contribution >= 0.6 is 0 Å². The second-order valence-corrected chi connectivity index (χ2v) is 7.55. The average molecular weight is 471 g/mol. The van der Waals surface area contributed by atoms with Crippen LogP contribution in [0.5, 0.6) is 0 Å². The second kappa shape index (κ2) is 16.9. The molecular formula is C20H34BN3O9. The molecule has 1 aliphatic rings. The third-order valence-electron chi connectivity index (χ3n) is 4.22. The van der Waals surface area contributed by atoms with E-state index in [1.807, 2.05) is 44.2 Å². The second-order valence-electron chi connectivity index (χ2n) is 7.55. The predicted molar refractivity (Wildman–Crippen MR) is 120 cm³/mol. The molecule has 0 saturated carbocycles. The number of hydrogen-bond donors (Lipinski definition) is 7. The number of aliphatic carboxylic acids is 2. The standard InChI is InChI=1S/C14H18N2O4.C6H13NO2.BH3O3/c17-13(18)12(10-11-4-2-1-3-5-11)15-14(19)16-6-8-20-9-7-16;1-4(2)3-5(7)6(8)9;2-1(3)4/h1-5,12H,6-10H2,(H,15,19)(H,17,18);4-5H,3,7H2,1-2H3,(H,8,9);2-4H/t12-;5-;/m00./s1. The molecule has 1 saturated heterocycles. The van der Waals surface area contributed by atoms with Crippen molar-refractivity contribution in [1.82, 2.24) is 10.2 Å². The van der Waals surface area contributed by atoms with Crippen molar-refractivity contribution in [3.63, 3.8) is 0 Å². The first-order valence-corrected chi connectivity index (χ1v) is 10.4. The number of urea groups is 1. The van der Waals surface area contributed by atoms with Crippen LogP contribution in [-0.2, 0) is 20.7 Å². The van der Waals surface area contributed by atoms with Crippen molar-refractivity contribution in [3.8, 4) is 0 Å². The van der Waals surface area contributed by atoms with Gasteiger partial charge < -0.3 is 46.0 Å². The van der Waals surface area contributed by atoms with Gasteiger partial charge in [-0.25, -0.2) is 9.59 Å². The van der Waals surface area contributed by atoms with Gasteiger partial charge in [-0.05, 0) is 17.9 Å². The average Bonchev–Trinajstić information content (AvgIpc) is 2.74. The van der Waals surface area contributed by atoms with Crippen LogP contribution < -0.4 is 11.1 Å². The van der Waals surface area contributed by atoms with Crippen LogP contribution in [0.3, 0.4) is 0 Å². The summed E-state index contributed by atoms with van der Waals surface area (Å²) in [6, 6.07) is 7.28. The SMILES string of the molecule is CC(C)C[C@H](N)C(=O)O.O=C(O)[C@H](Cc1ccccc1)NC(=O)N1CCOCC1.OB(O)O. The quantitative estimate of drug-likeness (QED) is 0.245. The Kier molecular flexibility index (Phi) is 15.5. The lowest BCUT2D eigenvalue weighted by Crippen LogP contribution is -2.51. The fourth-order valence-electron chi connectivity index (χ4n) is 2.67. The normalized spacial score (nSPS) is 14.6.